The van der Waals surface area contributed by atoms with Crippen LogP contribution in [0.1, 0.15) is 24.5 Å². The summed E-state index contributed by atoms with van der Waals surface area (Å²) < 4.78 is 0. The highest BCUT2D eigenvalue weighted by molar-refractivity contribution is 5.96. The van der Waals surface area contributed by atoms with Crippen molar-refractivity contribution in [1.29, 1.82) is 0 Å². The molecule has 0 aliphatic heterocycles. The molecule has 0 heterocycles. The fourth-order valence-electron chi connectivity index (χ4n) is 1.72. The Morgan fingerprint density at radius 2 is 1.79 bits per heavy atom. The third-order valence-electron chi connectivity index (χ3n) is 2.70. The highest BCUT2D eigenvalue weighted by Gasteiger charge is 2.08. The number of urea groups is 1. The van der Waals surface area contributed by atoms with Crippen LogP contribution in [-0.2, 0) is 4.79 Å². The van der Waals surface area contributed by atoms with Crippen LogP contribution in [0.15, 0.2) is 18.2 Å². The largest absolute Gasteiger partial charge is 0.376 e. The van der Waals surface area contributed by atoms with Crippen molar-refractivity contribution < 1.29 is 9.59 Å². The minimum absolute atomic E-state index is 0.0746. The van der Waals surface area contributed by atoms with Crippen LogP contribution in [0.3, 0.4) is 0 Å². The Morgan fingerprint density at radius 3 is 2.37 bits per heavy atom. The van der Waals surface area contributed by atoms with Gasteiger partial charge < -0.3 is 10.6 Å². The van der Waals surface area contributed by atoms with Gasteiger partial charge in [-0.3, -0.25) is 10.1 Å². The summed E-state index contributed by atoms with van der Waals surface area (Å²) in [5, 5.41) is 7.91. The van der Waals surface area contributed by atoms with E-state index < -0.39 is 6.03 Å². The van der Waals surface area contributed by atoms with Gasteiger partial charge in [0.05, 0.1) is 6.54 Å². The quantitative estimate of drug-likeness (QED) is 0.760. The number of anilines is 1. The number of hydrogen-bond donors (Lipinski definition) is 3. The molecule has 0 bridgehead atoms. The summed E-state index contributed by atoms with van der Waals surface area (Å²) in [5.74, 6) is -0.351. The second-order valence-corrected chi connectivity index (χ2v) is 4.42. The number of carbonyl (C=O) groups is 2. The molecule has 1 aromatic carbocycles. The average Bonchev–Trinajstić information content (AvgIpc) is 2.35. The molecule has 5 heteroatoms. The van der Waals surface area contributed by atoms with Crippen molar-refractivity contribution in [2.45, 2.75) is 27.2 Å². The Labute approximate surface area is 113 Å². The first-order valence-electron chi connectivity index (χ1n) is 6.42. The van der Waals surface area contributed by atoms with Gasteiger partial charge in [-0.05, 0) is 31.4 Å². The van der Waals surface area contributed by atoms with Crippen LogP contribution in [0.25, 0.3) is 0 Å². The Balaban J connectivity index is 2.44. The van der Waals surface area contributed by atoms with Crippen molar-refractivity contribution >= 4 is 17.6 Å². The van der Waals surface area contributed by atoms with Gasteiger partial charge in [-0.25, -0.2) is 4.79 Å². The zero-order valence-electron chi connectivity index (χ0n) is 11.7. The van der Waals surface area contributed by atoms with E-state index in [-0.39, 0.29) is 12.5 Å². The molecular formula is C14H21N3O2. The number of carbonyl (C=O) groups excluding carboxylic acids is 2. The average molecular weight is 263 g/mol. The van der Waals surface area contributed by atoms with Crippen molar-refractivity contribution in [3.63, 3.8) is 0 Å². The number of nitrogens with one attached hydrogen (secondary N) is 3. The molecule has 104 valence electrons. The maximum absolute atomic E-state index is 11.6. The number of aryl methyl sites for hydroxylation is 2. The molecule has 0 saturated heterocycles. The molecule has 0 aliphatic rings. The lowest BCUT2D eigenvalue weighted by molar-refractivity contribution is -0.118. The Hall–Kier alpha value is -2.04. The molecule has 0 unspecified atom stereocenters. The van der Waals surface area contributed by atoms with Gasteiger partial charge >= 0.3 is 6.03 Å². The molecular weight excluding hydrogens is 242 g/mol. The third kappa shape index (κ3) is 4.99. The summed E-state index contributed by atoms with van der Waals surface area (Å²) >= 11 is 0. The number of benzene rings is 1. The summed E-state index contributed by atoms with van der Waals surface area (Å²) in [5.41, 5.74) is 3.08. The minimum Gasteiger partial charge on any atom is -0.376 e. The van der Waals surface area contributed by atoms with Gasteiger partial charge in [0.15, 0.2) is 0 Å². The topological polar surface area (TPSA) is 70.2 Å². The Bertz CT molecular complexity index is 438. The Morgan fingerprint density at radius 1 is 1.16 bits per heavy atom. The van der Waals surface area contributed by atoms with Gasteiger partial charge in [-0.1, -0.05) is 25.1 Å². The predicted octanol–water partition coefficient (Wildman–Crippen LogP) is 1.95. The molecule has 0 radical (unpaired) electrons. The highest BCUT2D eigenvalue weighted by Crippen LogP contribution is 2.18. The van der Waals surface area contributed by atoms with Gasteiger partial charge in [-0.15, -0.1) is 0 Å². The van der Waals surface area contributed by atoms with Gasteiger partial charge in [0, 0.05) is 12.2 Å². The van der Waals surface area contributed by atoms with Crippen molar-refractivity contribution in [3.8, 4) is 0 Å². The normalized spacial score (nSPS) is 9.84. The number of hydrogen-bond acceptors (Lipinski definition) is 3. The molecule has 0 fully saturated rings. The standard InChI is InChI=1S/C14H21N3O2/c1-4-8-15-14(19)17-12(18)9-16-13-10(2)6-5-7-11(13)3/h5-7,16H,4,8-9H2,1-3H3,(H2,15,17,18,19). The zero-order chi connectivity index (χ0) is 14.3. The third-order valence-corrected chi connectivity index (χ3v) is 2.70. The van der Waals surface area contributed by atoms with E-state index in [4.69, 9.17) is 0 Å². The number of rotatable bonds is 5. The van der Waals surface area contributed by atoms with Crippen LogP contribution in [0.2, 0.25) is 0 Å². The summed E-state index contributed by atoms with van der Waals surface area (Å²) in [6.07, 6.45) is 0.836. The maximum atomic E-state index is 11.6. The Kier molecular flexibility index (Phi) is 5.85. The second kappa shape index (κ2) is 7.41. The van der Waals surface area contributed by atoms with E-state index in [1.54, 1.807) is 0 Å². The molecule has 0 saturated carbocycles. The maximum Gasteiger partial charge on any atom is 0.321 e. The molecule has 3 amide bonds. The van der Waals surface area contributed by atoms with Gasteiger partial charge in [0.25, 0.3) is 0 Å². The van der Waals surface area contributed by atoms with E-state index >= 15 is 0 Å². The van der Waals surface area contributed by atoms with E-state index in [0.29, 0.717) is 6.54 Å². The van der Waals surface area contributed by atoms with Gasteiger partial charge in [-0.2, -0.15) is 0 Å². The SMILES string of the molecule is CCCNC(=O)NC(=O)CNc1c(C)cccc1C. The molecule has 1 aromatic rings. The van der Waals surface area contributed by atoms with Crippen LogP contribution >= 0.6 is 0 Å². The molecule has 5 nitrogen and oxygen atoms in total. The van der Waals surface area contributed by atoms with Crippen LogP contribution in [-0.4, -0.2) is 25.0 Å². The molecule has 0 spiro atoms. The van der Waals surface area contributed by atoms with Crippen LogP contribution in [0, 0.1) is 13.8 Å². The first-order chi connectivity index (χ1) is 9.04. The first kappa shape index (κ1) is 15.0. The van der Waals surface area contributed by atoms with Crippen LogP contribution < -0.4 is 16.0 Å². The lowest BCUT2D eigenvalue weighted by Gasteiger charge is -2.12. The van der Waals surface area contributed by atoms with Gasteiger partial charge in [0.2, 0.25) is 5.91 Å². The molecule has 19 heavy (non-hydrogen) atoms. The van der Waals surface area contributed by atoms with E-state index in [9.17, 15) is 9.59 Å². The minimum atomic E-state index is -0.449. The van der Waals surface area contributed by atoms with E-state index in [1.165, 1.54) is 0 Å². The molecule has 0 atom stereocenters. The second-order valence-electron chi connectivity index (χ2n) is 4.42. The predicted molar refractivity (Wildman–Crippen MR) is 76.2 cm³/mol. The number of para-hydroxylation sites is 1. The molecule has 1 rings (SSSR count). The monoisotopic (exact) mass is 263 g/mol. The number of imide groups is 1. The van der Waals surface area contributed by atoms with Crippen molar-refractivity contribution in [1.82, 2.24) is 10.6 Å². The van der Waals surface area contributed by atoms with Crippen LogP contribution in [0.4, 0.5) is 10.5 Å². The zero-order valence-corrected chi connectivity index (χ0v) is 11.7. The van der Waals surface area contributed by atoms with E-state index in [1.807, 2.05) is 39.0 Å². The fraction of sp³-hybridized carbons (Fsp3) is 0.429. The molecule has 3 N–H and O–H groups in total. The molecule has 0 aromatic heterocycles. The highest BCUT2D eigenvalue weighted by atomic mass is 16.2. The fourth-order valence-corrected chi connectivity index (χ4v) is 1.72. The lowest BCUT2D eigenvalue weighted by atomic mass is 10.1. The van der Waals surface area contributed by atoms with E-state index in [0.717, 1.165) is 23.2 Å². The summed E-state index contributed by atoms with van der Waals surface area (Å²) in [6.45, 7) is 6.53. The smallest absolute Gasteiger partial charge is 0.321 e. The first-order valence-corrected chi connectivity index (χ1v) is 6.42. The van der Waals surface area contributed by atoms with Crippen LogP contribution in [0.5, 0.6) is 0 Å². The molecule has 0 aliphatic carbocycles. The van der Waals surface area contributed by atoms with Crippen molar-refractivity contribution in [2.75, 3.05) is 18.4 Å². The van der Waals surface area contributed by atoms with E-state index in [2.05, 4.69) is 16.0 Å². The summed E-state index contributed by atoms with van der Waals surface area (Å²) in [6, 6.07) is 5.46. The lowest BCUT2D eigenvalue weighted by Crippen LogP contribution is -2.42. The van der Waals surface area contributed by atoms with Crippen molar-refractivity contribution in [2.24, 2.45) is 0 Å². The van der Waals surface area contributed by atoms with Crippen molar-refractivity contribution in [3.05, 3.63) is 29.3 Å². The summed E-state index contributed by atoms with van der Waals surface area (Å²) in [4.78, 5) is 22.9. The number of amides is 3. The van der Waals surface area contributed by atoms with Gasteiger partial charge in [0.1, 0.15) is 0 Å². The summed E-state index contributed by atoms with van der Waals surface area (Å²) in [7, 11) is 0.